The molecule has 2 aromatic rings. The van der Waals surface area contributed by atoms with Gasteiger partial charge >= 0.3 is 0 Å². The van der Waals surface area contributed by atoms with E-state index in [4.69, 9.17) is 4.74 Å². The Labute approximate surface area is 130 Å². The molecule has 0 bridgehead atoms. The maximum absolute atomic E-state index is 12.1. The summed E-state index contributed by atoms with van der Waals surface area (Å²) in [6, 6.07) is 0. The van der Waals surface area contributed by atoms with Crippen molar-refractivity contribution < 1.29 is 9.53 Å². The average Bonchev–Trinajstić information content (AvgIpc) is 3.09. The van der Waals surface area contributed by atoms with Crippen molar-refractivity contribution in [2.45, 2.75) is 13.5 Å². The second-order valence-corrected chi connectivity index (χ2v) is 6.92. The van der Waals surface area contributed by atoms with Gasteiger partial charge in [0.05, 0.1) is 19.8 Å². The molecule has 112 valence electrons. The summed E-state index contributed by atoms with van der Waals surface area (Å²) in [6.07, 6.45) is 1.74. The molecule has 1 amide bonds. The number of morpholine rings is 1. The number of amides is 1. The van der Waals surface area contributed by atoms with Crippen molar-refractivity contribution in [2.24, 2.45) is 0 Å². The van der Waals surface area contributed by atoms with Gasteiger partial charge in [-0.25, -0.2) is 9.97 Å². The van der Waals surface area contributed by atoms with Crippen LogP contribution in [0.1, 0.15) is 20.4 Å². The van der Waals surface area contributed by atoms with Gasteiger partial charge in [0.15, 0.2) is 5.13 Å². The van der Waals surface area contributed by atoms with Crippen LogP contribution in [-0.2, 0) is 11.3 Å². The molecule has 0 aliphatic carbocycles. The third-order valence-electron chi connectivity index (χ3n) is 3.09. The molecule has 0 unspecified atom stereocenters. The standard InChI is InChI=1S/C13H16N4O2S2/c1-9-6-14-13(21-9)16-12(18)10-8-20-11(15-10)7-17-2-4-19-5-3-17/h6,8H,2-5,7H2,1H3,(H,14,16,18). The summed E-state index contributed by atoms with van der Waals surface area (Å²) in [7, 11) is 0. The van der Waals surface area contributed by atoms with Crippen molar-refractivity contribution in [2.75, 3.05) is 31.6 Å². The lowest BCUT2D eigenvalue weighted by Crippen LogP contribution is -2.35. The number of carbonyl (C=O) groups excluding carboxylic acids is 1. The Bertz CT molecular complexity index is 619. The monoisotopic (exact) mass is 324 g/mol. The maximum Gasteiger partial charge on any atom is 0.276 e. The third-order valence-corrected chi connectivity index (χ3v) is 4.75. The minimum Gasteiger partial charge on any atom is -0.379 e. The van der Waals surface area contributed by atoms with E-state index in [1.54, 1.807) is 11.6 Å². The fraction of sp³-hybridized carbons (Fsp3) is 0.462. The summed E-state index contributed by atoms with van der Waals surface area (Å²) in [5.74, 6) is -0.200. The summed E-state index contributed by atoms with van der Waals surface area (Å²) in [4.78, 5) is 24.0. The molecule has 1 saturated heterocycles. The smallest absolute Gasteiger partial charge is 0.276 e. The zero-order chi connectivity index (χ0) is 14.7. The number of hydrogen-bond acceptors (Lipinski definition) is 7. The Balaban J connectivity index is 1.59. The molecule has 2 aromatic heterocycles. The number of carbonyl (C=O) groups is 1. The highest BCUT2D eigenvalue weighted by Gasteiger charge is 2.16. The molecule has 6 nitrogen and oxygen atoms in total. The van der Waals surface area contributed by atoms with E-state index in [1.165, 1.54) is 22.7 Å². The van der Waals surface area contributed by atoms with Crippen LogP contribution in [0.4, 0.5) is 5.13 Å². The van der Waals surface area contributed by atoms with E-state index in [9.17, 15) is 4.79 Å². The fourth-order valence-corrected chi connectivity index (χ4v) is 3.49. The molecular weight excluding hydrogens is 308 g/mol. The lowest BCUT2D eigenvalue weighted by molar-refractivity contribution is 0.0341. The van der Waals surface area contributed by atoms with E-state index in [0.29, 0.717) is 10.8 Å². The van der Waals surface area contributed by atoms with Crippen molar-refractivity contribution in [3.63, 3.8) is 0 Å². The highest BCUT2D eigenvalue weighted by Crippen LogP contribution is 2.19. The van der Waals surface area contributed by atoms with E-state index in [1.807, 2.05) is 6.92 Å². The molecule has 3 rings (SSSR count). The van der Waals surface area contributed by atoms with E-state index < -0.39 is 0 Å². The number of hydrogen-bond donors (Lipinski definition) is 1. The Morgan fingerprint density at radius 2 is 2.29 bits per heavy atom. The van der Waals surface area contributed by atoms with Crippen LogP contribution in [0.15, 0.2) is 11.6 Å². The highest BCUT2D eigenvalue weighted by atomic mass is 32.1. The molecule has 1 aliphatic heterocycles. The predicted octanol–water partition coefficient (Wildman–Crippen LogP) is 1.99. The van der Waals surface area contributed by atoms with Gasteiger partial charge in [0, 0.05) is 29.5 Å². The number of thiazole rings is 2. The molecule has 1 aliphatic rings. The predicted molar refractivity (Wildman–Crippen MR) is 83.0 cm³/mol. The average molecular weight is 324 g/mol. The van der Waals surface area contributed by atoms with Crippen molar-refractivity contribution in [1.82, 2.24) is 14.9 Å². The molecular formula is C13H16N4O2S2. The van der Waals surface area contributed by atoms with Gasteiger partial charge in [-0.15, -0.1) is 22.7 Å². The first kappa shape index (κ1) is 14.6. The fourth-order valence-electron chi connectivity index (χ4n) is 2.01. The molecule has 0 aromatic carbocycles. The largest absolute Gasteiger partial charge is 0.379 e. The first-order chi connectivity index (χ1) is 10.2. The molecule has 0 spiro atoms. The summed E-state index contributed by atoms with van der Waals surface area (Å²) < 4.78 is 5.32. The molecule has 21 heavy (non-hydrogen) atoms. The van der Waals surface area contributed by atoms with Gasteiger partial charge in [0.1, 0.15) is 10.7 Å². The highest BCUT2D eigenvalue weighted by molar-refractivity contribution is 7.15. The van der Waals surface area contributed by atoms with Crippen molar-refractivity contribution in [3.8, 4) is 0 Å². The third kappa shape index (κ3) is 3.85. The quantitative estimate of drug-likeness (QED) is 0.931. The molecule has 0 atom stereocenters. The zero-order valence-corrected chi connectivity index (χ0v) is 13.3. The summed E-state index contributed by atoms with van der Waals surface area (Å²) in [5, 5.41) is 6.14. The Morgan fingerprint density at radius 3 is 3.00 bits per heavy atom. The van der Waals surface area contributed by atoms with Crippen LogP contribution in [0, 0.1) is 6.92 Å². The van der Waals surface area contributed by atoms with Crippen LogP contribution in [0.25, 0.3) is 0 Å². The van der Waals surface area contributed by atoms with Crippen LogP contribution in [0.5, 0.6) is 0 Å². The number of ether oxygens (including phenoxy) is 1. The topological polar surface area (TPSA) is 67.4 Å². The van der Waals surface area contributed by atoms with Crippen LogP contribution >= 0.6 is 22.7 Å². The second-order valence-electron chi connectivity index (χ2n) is 4.75. The van der Waals surface area contributed by atoms with Gasteiger partial charge in [-0.05, 0) is 6.92 Å². The van der Waals surface area contributed by atoms with E-state index in [2.05, 4.69) is 20.2 Å². The Kier molecular flexibility index (Phi) is 4.59. The van der Waals surface area contributed by atoms with Gasteiger partial charge in [-0.2, -0.15) is 0 Å². The lowest BCUT2D eigenvalue weighted by atomic mass is 10.4. The normalized spacial score (nSPS) is 16.0. The Hall–Kier alpha value is -1.35. The second kappa shape index (κ2) is 6.61. The molecule has 0 saturated carbocycles. The molecule has 1 fully saturated rings. The number of nitrogens with one attached hydrogen (secondary N) is 1. The lowest BCUT2D eigenvalue weighted by Gasteiger charge is -2.25. The number of anilines is 1. The van der Waals surface area contributed by atoms with Crippen molar-refractivity contribution >= 4 is 33.7 Å². The number of nitrogens with zero attached hydrogens (tertiary/aromatic N) is 3. The molecule has 3 heterocycles. The maximum atomic E-state index is 12.1. The number of rotatable bonds is 4. The SMILES string of the molecule is Cc1cnc(NC(=O)c2csc(CN3CCOCC3)n2)s1. The molecule has 8 heteroatoms. The van der Waals surface area contributed by atoms with Crippen LogP contribution in [0.2, 0.25) is 0 Å². The van der Waals surface area contributed by atoms with Crippen LogP contribution in [0.3, 0.4) is 0 Å². The van der Waals surface area contributed by atoms with E-state index in [0.717, 1.165) is 42.7 Å². The summed E-state index contributed by atoms with van der Waals surface area (Å²) in [5.41, 5.74) is 0.455. The molecule has 1 N–H and O–H groups in total. The number of aryl methyl sites for hydroxylation is 1. The van der Waals surface area contributed by atoms with Crippen molar-refractivity contribution in [3.05, 3.63) is 27.2 Å². The minimum absolute atomic E-state index is 0.200. The van der Waals surface area contributed by atoms with Gasteiger partial charge < -0.3 is 4.74 Å². The minimum atomic E-state index is -0.200. The van der Waals surface area contributed by atoms with Gasteiger partial charge in [0.25, 0.3) is 5.91 Å². The summed E-state index contributed by atoms with van der Waals surface area (Å²) >= 11 is 2.97. The van der Waals surface area contributed by atoms with Gasteiger partial charge in [-0.3, -0.25) is 15.0 Å². The first-order valence-electron chi connectivity index (χ1n) is 6.69. The van der Waals surface area contributed by atoms with Gasteiger partial charge in [0.2, 0.25) is 0 Å². The number of aromatic nitrogens is 2. The van der Waals surface area contributed by atoms with E-state index >= 15 is 0 Å². The summed E-state index contributed by atoms with van der Waals surface area (Å²) in [6.45, 7) is 6.09. The Morgan fingerprint density at radius 1 is 1.48 bits per heavy atom. The van der Waals surface area contributed by atoms with Crippen LogP contribution < -0.4 is 5.32 Å². The van der Waals surface area contributed by atoms with Crippen molar-refractivity contribution in [1.29, 1.82) is 0 Å². The van der Waals surface area contributed by atoms with Crippen LogP contribution in [-0.4, -0.2) is 47.1 Å². The molecule has 0 radical (unpaired) electrons. The first-order valence-corrected chi connectivity index (χ1v) is 8.38. The van der Waals surface area contributed by atoms with E-state index in [-0.39, 0.29) is 5.91 Å². The zero-order valence-electron chi connectivity index (χ0n) is 11.7. The van der Waals surface area contributed by atoms with Gasteiger partial charge in [-0.1, -0.05) is 0 Å².